The molecule has 12 heteroatoms. The highest BCUT2D eigenvalue weighted by atomic mass is 28.5. The van der Waals surface area contributed by atoms with E-state index in [4.69, 9.17) is 31.6 Å². The van der Waals surface area contributed by atoms with Crippen molar-refractivity contribution in [1.29, 1.82) is 0 Å². The Kier molecular flexibility index (Phi) is 13.1. The molecule has 1 aliphatic heterocycles. The maximum atomic E-state index is 9.39. The Labute approximate surface area is 190 Å². The third-order valence-corrected chi connectivity index (χ3v) is 16.7. The Morgan fingerprint density at radius 3 is 1.84 bits per heavy atom. The van der Waals surface area contributed by atoms with Crippen molar-refractivity contribution in [2.75, 3.05) is 46.8 Å². The molecular formula is C19H44O9Si3. The molecule has 5 unspecified atom stereocenters. The third kappa shape index (κ3) is 14.2. The first kappa shape index (κ1) is 29.3. The van der Waals surface area contributed by atoms with Crippen LogP contribution in [0.5, 0.6) is 0 Å². The van der Waals surface area contributed by atoms with Crippen molar-refractivity contribution in [1.82, 2.24) is 0 Å². The highest BCUT2D eigenvalue weighted by molar-refractivity contribution is 6.87. The van der Waals surface area contributed by atoms with Crippen molar-refractivity contribution in [3.63, 3.8) is 0 Å². The van der Waals surface area contributed by atoms with Gasteiger partial charge in [-0.3, -0.25) is 0 Å². The summed E-state index contributed by atoms with van der Waals surface area (Å²) in [6.45, 7) is 14.6. The Morgan fingerprint density at radius 2 is 1.35 bits per heavy atom. The Bertz CT molecular complexity index is 494. The molecule has 5 atom stereocenters. The largest absolute Gasteiger partial charge is 0.436 e. The van der Waals surface area contributed by atoms with Gasteiger partial charge in [0.2, 0.25) is 0 Å². The zero-order valence-corrected chi connectivity index (χ0v) is 23.3. The van der Waals surface area contributed by atoms with Crippen LogP contribution >= 0.6 is 0 Å². The summed E-state index contributed by atoms with van der Waals surface area (Å²) < 4.78 is 41.2. The van der Waals surface area contributed by atoms with E-state index >= 15 is 0 Å². The van der Waals surface area contributed by atoms with Crippen LogP contribution in [0.1, 0.15) is 13.8 Å². The standard InChI is InChI=1S/C19H44O9Si3/c1-17(20)14-23-8-11-29(4,5)27-31(7,13-10-25-19-16-26-19)28-30(6,22-3)12-9-24-15-18(2)21/h17-21H,8-16H2,1-7H3. The van der Waals surface area contributed by atoms with E-state index in [0.717, 1.165) is 6.04 Å². The van der Waals surface area contributed by atoms with E-state index in [0.29, 0.717) is 51.7 Å². The summed E-state index contributed by atoms with van der Waals surface area (Å²) in [7, 11) is -5.60. The molecule has 0 aromatic heterocycles. The van der Waals surface area contributed by atoms with E-state index in [1.165, 1.54) is 0 Å². The van der Waals surface area contributed by atoms with Crippen molar-refractivity contribution in [3.05, 3.63) is 0 Å². The molecule has 186 valence electrons. The summed E-state index contributed by atoms with van der Waals surface area (Å²) in [5.41, 5.74) is 0. The Morgan fingerprint density at radius 1 is 0.839 bits per heavy atom. The molecule has 9 nitrogen and oxygen atoms in total. The molecule has 1 saturated heterocycles. The van der Waals surface area contributed by atoms with Gasteiger partial charge in [0.05, 0.1) is 32.0 Å². The maximum absolute atomic E-state index is 9.39. The van der Waals surface area contributed by atoms with E-state index in [-0.39, 0.29) is 6.29 Å². The van der Waals surface area contributed by atoms with E-state index in [1.54, 1.807) is 21.0 Å². The first-order valence-electron chi connectivity index (χ1n) is 11.1. The number of hydrogen-bond donors (Lipinski definition) is 2. The van der Waals surface area contributed by atoms with Gasteiger partial charge in [0, 0.05) is 32.4 Å². The fourth-order valence-corrected chi connectivity index (χ4v) is 15.7. The fraction of sp³-hybridized carbons (Fsp3) is 1.00. The van der Waals surface area contributed by atoms with E-state index in [2.05, 4.69) is 19.6 Å². The number of ether oxygens (including phenoxy) is 4. The number of aliphatic hydroxyl groups is 2. The van der Waals surface area contributed by atoms with Gasteiger partial charge in [-0.25, -0.2) is 0 Å². The van der Waals surface area contributed by atoms with Gasteiger partial charge >= 0.3 is 17.1 Å². The summed E-state index contributed by atoms with van der Waals surface area (Å²) >= 11 is 0. The van der Waals surface area contributed by atoms with Crippen molar-refractivity contribution >= 4 is 25.4 Å². The zero-order chi connectivity index (χ0) is 23.5. The first-order valence-corrected chi connectivity index (χ1v) is 19.3. The van der Waals surface area contributed by atoms with Crippen molar-refractivity contribution in [2.45, 2.75) is 76.7 Å². The molecule has 0 bridgehead atoms. The molecule has 1 rings (SSSR count). The minimum atomic E-state index is -2.64. The molecular weight excluding hydrogens is 456 g/mol. The minimum Gasteiger partial charge on any atom is -0.436 e. The highest BCUT2D eigenvalue weighted by Crippen LogP contribution is 2.28. The van der Waals surface area contributed by atoms with Gasteiger partial charge in [0.25, 0.3) is 0 Å². The first-order chi connectivity index (χ1) is 14.4. The second kappa shape index (κ2) is 13.9. The summed E-state index contributed by atoms with van der Waals surface area (Å²) in [5, 5.41) is 18.8. The average Bonchev–Trinajstić information content (AvgIpc) is 3.46. The number of epoxide rings is 1. The van der Waals surface area contributed by atoms with Crippen LogP contribution in [0.3, 0.4) is 0 Å². The smallest absolute Gasteiger partial charge is 0.328 e. The van der Waals surface area contributed by atoms with Crippen LogP contribution in [0.2, 0.25) is 44.3 Å². The van der Waals surface area contributed by atoms with Crippen molar-refractivity contribution in [3.8, 4) is 0 Å². The predicted molar refractivity (Wildman–Crippen MR) is 125 cm³/mol. The van der Waals surface area contributed by atoms with Crippen LogP contribution in [-0.2, 0) is 31.6 Å². The van der Waals surface area contributed by atoms with Gasteiger partial charge in [-0.1, -0.05) is 0 Å². The number of aliphatic hydroxyl groups excluding tert-OH is 2. The van der Waals surface area contributed by atoms with Gasteiger partial charge in [-0.05, 0) is 46.1 Å². The van der Waals surface area contributed by atoms with Crippen LogP contribution in [-0.4, -0.2) is 101 Å². The normalized spacial score (nSPS) is 22.5. The highest BCUT2D eigenvalue weighted by Gasteiger charge is 2.46. The molecule has 0 spiro atoms. The lowest BCUT2D eigenvalue weighted by Crippen LogP contribution is -2.57. The van der Waals surface area contributed by atoms with E-state index in [9.17, 15) is 10.2 Å². The number of hydrogen-bond acceptors (Lipinski definition) is 9. The quantitative estimate of drug-likeness (QED) is 0.157. The van der Waals surface area contributed by atoms with Gasteiger partial charge in [-0.15, -0.1) is 0 Å². The lowest BCUT2D eigenvalue weighted by atomic mass is 10.4. The second-order valence-corrected chi connectivity index (χ2v) is 20.8. The minimum absolute atomic E-state index is 0.0997. The molecule has 1 fully saturated rings. The van der Waals surface area contributed by atoms with Crippen LogP contribution in [0.15, 0.2) is 0 Å². The van der Waals surface area contributed by atoms with Gasteiger partial charge in [0.15, 0.2) is 14.6 Å². The Balaban J connectivity index is 2.71. The molecule has 31 heavy (non-hydrogen) atoms. The monoisotopic (exact) mass is 500 g/mol. The third-order valence-electron chi connectivity index (χ3n) is 4.79. The van der Waals surface area contributed by atoms with Crippen LogP contribution < -0.4 is 0 Å². The summed E-state index contributed by atoms with van der Waals surface area (Å²) in [6, 6.07) is 2.13. The molecule has 1 heterocycles. The van der Waals surface area contributed by atoms with Crippen molar-refractivity contribution < 1.29 is 41.8 Å². The Hall–Kier alpha value is 0.291. The number of rotatable bonds is 19. The lowest BCUT2D eigenvalue weighted by Gasteiger charge is -2.41. The zero-order valence-electron chi connectivity index (χ0n) is 20.3. The summed E-state index contributed by atoms with van der Waals surface area (Å²) in [4.78, 5) is 0. The van der Waals surface area contributed by atoms with Gasteiger partial charge in [0.1, 0.15) is 6.61 Å². The molecule has 0 aromatic carbocycles. The SMILES string of the molecule is CO[Si](C)(CCOCC(C)O)O[Si](C)(CCOC1CO1)O[Si](C)(C)CCOCC(C)O. The fourth-order valence-electron chi connectivity index (χ4n) is 3.00. The van der Waals surface area contributed by atoms with E-state index in [1.807, 2.05) is 6.55 Å². The molecule has 0 saturated carbocycles. The maximum Gasteiger partial charge on any atom is 0.328 e. The lowest BCUT2D eigenvalue weighted by molar-refractivity contribution is 0.0490. The van der Waals surface area contributed by atoms with Gasteiger partial charge < -0.3 is 41.8 Å². The van der Waals surface area contributed by atoms with Crippen LogP contribution in [0, 0.1) is 0 Å². The summed E-state index contributed by atoms with van der Waals surface area (Å²) in [6.07, 6.45) is -1.07. The molecule has 1 aliphatic rings. The molecule has 0 aromatic rings. The second-order valence-electron chi connectivity index (χ2n) is 9.17. The van der Waals surface area contributed by atoms with Crippen LogP contribution in [0.25, 0.3) is 0 Å². The topological polar surface area (TPSA) is 108 Å². The molecule has 0 aliphatic carbocycles. The van der Waals surface area contributed by atoms with Crippen LogP contribution in [0.4, 0.5) is 0 Å². The van der Waals surface area contributed by atoms with E-state index < -0.39 is 37.6 Å². The molecule has 2 N–H and O–H groups in total. The average molecular weight is 501 g/mol. The molecule has 0 amide bonds. The predicted octanol–water partition coefficient (Wildman–Crippen LogP) is 2.18. The van der Waals surface area contributed by atoms with Gasteiger partial charge in [-0.2, -0.15) is 0 Å². The van der Waals surface area contributed by atoms with Crippen molar-refractivity contribution in [2.24, 2.45) is 0 Å². The molecule has 0 radical (unpaired) electrons. The summed E-state index contributed by atoms with van der Waals surface area (Å²) in [5.74, 6) is 0.